The Morgan fingerprint density at radius 1 is 1.26 bits per heavy atom. The maximum atomic E-state index is 12.1. The zero-order chi connectivity index (χ0) is 16.5. The molecule has 122 valence electrons. The van der Waals surface area contributed by atoms with Crippen molar-refractivity contribution in [2.24, 2.45) is 0 Å². The van der Waals surface area contributed by atoms with E-state index in [1.54, 1.807) is 13.2 Å². The van der Waals surface area contributed by atoms with Gasteiger partial charge in [-0.2, -0.15) is 0 Å². The molecular weight excluding hydrogens is 292 g/mol. The summed E-state index contributed by atoms with van der Waals surface area (Å²) < 4.78 is 4.96. The van der Waals surface area contributed by atoms with E-state index < -0.39 is 0 Å². The molecule has 0 aliphatic heterocycles. The third kappa shape index (κ3) is 4.75. The zero-order valence-electron chi connectivity index (χ0n) is 13.5. The number of aromatic nitrogens is 2. The number of ether oxygens (including phenoxy) is 1. The summed E-state index contributed by atoms with van der Waals surface area (Å²) in [6, 6.07) is 11.6. The minimum Gasteiger partial charge on any atom is -0.385 e. The normalized spacial score (nSPS) is 10.3. The highest BCUT2D eigenvalue weighted by molar-refractivity contribution is 5.93. The molecule has 0 spiro atoms. The summed E-state index contributed by atoms with van der Waals surface area (Å²) in [4.78, 5) is 22.5. The minimum absolute atomic E-state index is 0.200. The number of carbonyl (C=O) groups excluding carboxylic acids is 1. The van der Waals surface area contributed by atoms with Gasteiger partial charge in [-0.3, -0.25) is 4.79 Å². The summed E-state index contributed by atoms with van der Waals surface area (Å²) in [7, 11) is 1.64. The van der Waals surface area contributed by atoms with Crippen LogP contribution in [-0.4, -0.2) is 42.7 Å². The third-order valence-electron chi connectivity index (χ3n) is 3.36. The van der Waals surface area contributed by atoms with Crippen LogP contribution in [0.4, 0.5) is 11.5 Å². The predicted octanol–water partition coefficient (Wildman–Crippen LogP) is 2.40. The number of carbonyl (C=O) groups is 1. The van der Waals surface area contributed by atoms with Gasteiger partial charge in [0.05, 0.1) is 0 Å². The number of nitrogens with zero attached hydrogens (tertiary/aromatic N) is 3. The lowest BCUT2D eigenvalue weighted by molar-refractivity contribution is 0.0943. The molecule has 23 heavy (non-hydrogen) atoms. The molecule has 1 amide bonds. The molecule has 0 aliphatic rings. The fraction of sp³-hybridized carbons (Fsp3) is 0.353. The van der Waals surface area contributed by atoms with Gasteiger partial charge < -0.3 is 15.0 Å². The second kappa shape index (κ2) is 8.85. The molecule has 0 saturated carbocycles. The quantitative estimate of drug-likeness (QED) is 0.758. The highest BCUT2D eigenvalue weighted by Crippen LogP contribution is 2.22. The van der Waals surface area contributed by atoms with Gasteiger partial charge in [-0.1, -0.05) is 18.2 Å². The average molecular weight is 314 g/mol. The third-order valence-corrected chi connectivity index (χ3v) is 3.36. The first-order valence-electron chi connectivity index (χ1n) is 7.68. The van der Waals surface area contributed by atoms with E-state index in [0.29, 0.717) is 24.7 Å². The van der Waals surface area contributed by atoms with Crippen molar-refractivity contribution in [2.45, 2.75) is 13.3 Å². The smallest absolute Gasteiger partial charge is 0.270 e. The maximum Gasteiger partial charge on any atom is 0.270 e. The molecule has 6 heteroatoms. The van der Waals surface area contributed by atoms with Gasteiger partial charge in [-0.25, -0.2) is 9.97 Å². The number of methoxy groups -OCH3 is 1. The number of nitrogens with one attached hydrogen (secondary N) is 1. The first-order chi connectivity index (χ1) is 11.3. The topological polar surface area (TPSA) is 67.4 Å². The molecule has 0 unspecified atom stereocenters. The standard InChI is InChI=1S/C17H22N4O2/c1-3-21(14-8-5-4-6-9-14)16-12-15(19-13-20-16)17(22)18-10-7-11-23-2/h4-6,8-9,12-13H,3,7,10-11H2,1-2H3,(H,18,22). The summed E-state index contributed by atoms with van der Waals surface area (Å²) >= 11 is 0. The lowest BCUT2D eigenvalue weighted by Gasteiger charge is -2.22. The number of amides is 1. The number of para-hydroxylation sites is 1. The van der Waals surface area contributed by atoms with Gasteiger partial charge >= 0.3 is 0 Å². The second-order valence-corrected chi connectivity index (χ2v) is 4.94. The van der Waals surface area contributed by atoms with E-state index in [0.717, 1.165) is 18.7 Å². The van der Waals surface area contributed by atoms with E-state index >= 15 is 0 Å². The van der Waals surface area contributed by atoms with Crippen molar-refractivity contribution in [3.8, 4) is 0 Å². The molecule has 0 atom stereocenters. The van der Waals surface area contributed by atoms with Gasteiger partial charge in [0.15, 0.2) is 0 Å². The van der Waals surface area contributed by atoms with Gasteiger partial charge in [0.1, 0.15) is 17.8 Å². The summed E-state index contributed by atoms with van der Waals surface area (Å²) in [5, 5.41) is 2.83. The van der Waals surface area contributed by atoms with Crippen LogP contribution in [0.15, 0.2) is 42.7 Å². The maximum absolute atomic E-state index is 12.1. The summed E-state index contributed by atoms with van der Waals surface area (Å²) in [6.45, 7) is 3.96. The van der Waals surface area contributed by atoms with E-state index in [9.17, 15) is 4.79 Å². The van der Waals surface area contributed by atoms with Crippen molar-refractivity contribution in [3.05, 3.63) is 48.4 Å². The first kappa shape index (κ1) is 16.9. The van der Waals surface area contributed by atoms with Crippen LogP contribution in [0.3, 0.4) is 0 Å². The number of anilines is 2. The number of rotatable bonds is 8. The van der Waals surface area contributed by atoms with Gasteiger partial charge in [0.25, 0.3) is 5.91 Å². The van der Waals surface area contributed by atoms with Crippen molar-refractivity contribution < 1.29 is 9.53 Å². The lowest BCUT2D eigenvalue weighted by Crippen LogP contribution is -2.27. The molecule has 2 aromatic rings. The molecule has 1 aromatic heterocycles. The first-order valence-corrected chi connectivity index (χ1v) is 7.68. The fourth-order valence-corrected chi connectivity index (χ4v) is 2.21. The van der Waals surface area contributed by atoms with Gasteiger partial charge in [-0.15, -0.1) is 0 Å². The number of hydrogen-bond acceptors (Lipinski definition) is 5. The van der Waals surface area contributed by atoms with Crippen LogP contribution in [0.1, 0.15) is 23.8 Å². The Hall–Kier alpha value is -2.47. The van der Waals surface area contributed by atoms with Crippen LogP contribution in [-0.2, 0) is 4.74 Å². The average Bonchev–Trinajstić information content (AvgIpc) is 2.60. The molecule has 1 heterocycles. The lowest BCUT2D eigenvalue weighted by atomic mass is 10.2. The van der Waals surface area contributed by atoms with E-state index in [2.05, 4.69) is 15.3 Å². The molecule has 0 radical (unpaired) electrons. The van der Waals surface area contributed by atoms with Crippen LogP contribution < -0.4 is 10.2 Å². The highest BCUT2D eigenvalue weighted by atomic mass is 16.5. The largest absolute Gasteiger partial charge is 0.385 e. The van der Waals surface area contributed by atoms with E-state index in [-0.39, 0.29) is 5.91 Å². The molecule has 6 nitrogen and oxygen atoms in total. The van der Waals surface area contributed by atoms with Gasteiger partial charge in [0, 0.05) is 38.6 Å². The van der Waals surface area contributed by atoms with Crippen molar-refractivity contribution in [1.82, 2.24) is 15.3 Å². The van der Waals surface area contributed by atoms with Gasteiger partial charge in [-0.05, 0) is 25.5 Å². The predicted molar refractivity (Wildman–Crippen MR) is 90.0 cm³/mol. The summed E-state index contributed by atoms with van der Waals surface area (Å²) in [6.07, 6.45) is 2.19. The highest BCUT2D eigenvalue weighted by Gasteiger charge is 2.13. The van der Waals surface area contributed by atoms with Gasteiger partial charge in [0.2, 0.25) is 0 Å². The fourth-order valence-electron chi connectivity index (χ4n) is 2.21. The molecular formula is C17H22N4O2. The Morgan fingerprint density at radius 3 is 2.74 bits per heavy atom. The van der Waals surface area contributed by atoms with Crippen LogP contribution in [0.25, 0.3) is 0 Å². The van der Waals surface area contributed by atoms with E-state index in [1.807, 2.05) is 42.2 Å². The number of hydrogen-bond donors (Lipinski definition) is 1. The Morgan fingerprint density at radius 2 is 2.04 bits per heavy atom. The van der Waals surface area contributed by atoms with Crippen LogP contribution in [0, 0.1) is 0 Å². The molecule has 0 bridgehead atoms. The van der Waals surface area contributed by atoms with E-state index in [4.69, 9.17) is 4.74 Å². The van der Waals surface area contributed by atoms with E-state index in [1.165, 1.54) is 6.33 Å². The van der Waals surface area contributed by atoms with Crippen molar-refractivity contribution >= 4 is 17.4 Å². The number of benzene rings is 1. The van der Waals surface area contributed by atoms with Crippen LogP contribution in [0.2, 0.25) is 0 Å². The molecule has 1 aromatic carbocycles. The minimum atomic E-state index is -0.200. The molecule has 1 N–H and O–H groups in total. The van der Waals surface area contributed by atoms with Crippen LogP contribution >= 0.6 is 0 Å². The van der Waals surface area contributed by atoms with Crippen molar-refractivity contribution in [3.63, 3.8) is 0 Å². The summed E-state index contributed by atoms with van der Waals surface area (Å²) in [5.74, 6) is 0.504. The monoisotopic (exact) mass is 314 g/mol. The van der Waals surface area contributed by atoms with Crippen molar-refractivity contribution in [2.75, 3.05) is 31.7 Å². The Kier molecular flexibility index (Phi) is 6.50. The van der Waals surface area contributed by atoms with Crippen LogP contribution in [0.5, 0.6) is 0 Å². The zero-order valence-corrected chi connectivity index (χ0v) is 13.5. The van der Waals surface area contributed by atoms with Crippen molar-refractivity contribution in [1.29, 1.82) is 0 Å². The second-order valence-electron chi connectivity index (χ2n) is 4.94. The molecule has 0 saturated heterocycles. The Balaban J connectivity index is 2.10. The molecule has 0 fully saturated rings. The Labute approximate surface area is 136 Å². The SMILES string of the molecule is CCN(c1ccccc1)c1cc(C(=O)NCCCOC)ncn1. The Bertz CT molecular complexity index is 619. The molecule has 2 rings (SSSR count). The summed E-state index contributed by atoms with van der Waals surface area (Å²) in [5.41, 5.74) is 1.39. The molecule has 0 aliphatic carbocycles.